The highest BCUT2D eigenvalue weighted by atomic mass is 35.5. The Morgan fingerprint density at radius 1 is 1.41 bits per heavy atom. The molecule has 0 heterocycles. The highest BCUT2D eigenvalue weighted by molar-refractivity contribution is 6.31. The van der Waals surface area contributed by atoms with Crippen LogP contribution in [0.3, 0.4) is 0 Å². The van der Waals surface area contributed by atoms with Crippen molar-refractivity contribution in [3.05, 3.63) is 34.9 Å². The molecule has 1 amide bonds. The van der Waals surface area contributed by atoms with Gasteiger partial charge in [-0.15, -0.1) is 0 Å². The van der Waals surface area contributed by atoms with Crippen LogP contribution in [-0.4, -0.2) is 17.6 Å². The van der Waals surface area contributed by atoms with Gasteiger partial charge >= 0.3 is 0 Å². The van der Waals surface area contributed by atoms with Crippen molar-refractivity contribution in [1.82, 2.24) is 5.32 Å². The molecule has 0 bridgehead atoms. The first-order chi connectivity index (χ1) is 7.82. The zero-order valence-corrected chi connectivity index (χ0v) is 11.1. The molecule has 17 heavy (non-hydrogen) atoms. The van der Waals surface area contributed by atoms with Crippen LogP contribution in [0.4, 0.5) is 0 Å². The average molecular weight is 256 g/mol. The van der Waals surface area contributed by atoms with Crippen LogP contribution >= 0.6 is 11.6 Å². The summed E-state index contributed by atoms with van der Waals surface area (Å²) in [5.74, 6) is -0.0939. The van der Waals surface area contributed by atoms with E-state index < -0.39 is 11.5 Å². The number of amides is 1. The Bertz CT molecular complexity index is 399. The van der Waals surface area contributed by atoms with Gasteiger partial charge in [-0.3, -0.25) is 4.79 Å². The normalized spacial score (nSPS) is 13.2. The quantitative estimate of drug-likeness (QED) is 0.872. The van der Waals surface area contributed by atoms with Crippen LogP contribution in [-0.2, 0) is 4.79 Å². The van der Waals surface area contributed by atoms with E-state index in [1.807, 2.05) is 20.8 Å². The van der Waals surface area contributed by atoms with E-state index in [4.69, 9.17) is 11.6 Å². The van der Waals surface area contributed by atoms with Crippen molar-refractivity contribution in [1.29, 1.82) is 0 Å². The molecule has 0 saturated heterocycles. The summed E-state index contributed by atoms with van der Waals surface area (Å²) in [4.78, 5) is 11.6. The second-order valence-corrected chi connectivity index (χ2v) is 5.40. The summed E-state index contributed by atoms with van der Waals surface area (Å²) in [6.45, 7) is 5.64. The first-order valence-corrected chi connectivity index (χ1v) is 5.91. The molecule has 1 rings (SSSR count). The van der Waals surface area contributed by atoms with Crippen molar-refractivity contribution in [2.75, 3.05) is 6.54 Å². The Kier molecular flexibility index (Phi) is 4.54. The maximum Gasteiger partial charge on any atom is 0.225 e. The van der Waals surface area contributed by atoms with Gasteiger partial charge in [-0.2, -0.15) is 0 Å². The molecule has 94 valence electrons. The lowest BCUT2D eigenvalue weighted by Gasteiger charge is -2.20. The van der Waals surface area contributed by atoms with E-state index in [1.165, 1.54) is 0 Å². The number of nitrogens with one attached hydrogen (secondary N) is 1. The maximum atomic E-state index is 11.6. The van der Waals surface area contributed by atoms with Gasteiger partial charge in [0.1, 0.15) is 0 Å². The van der Waals surface area contributed by atoms with Gasteiger partial charge in [0.2, 0.25) is 5.91 Å². The fourth-order valence-corrected chi connectivity index (χ4v) is 1.57. The molecule has 0 spiro atoms. The molecule has 3 nitrogen and oxygen atoms in total. The molecule has 0 aromatic heterocycles. The SMILES string of the molecule is CC(C)(C)C(=O)NCC(O)c1ccccc1Cl. The third-order valence-electron chi connectivity index (χ3n) is 2.40. The monoisotopic (exact) mass is 255 g/mol. The Balaban J connectivity index is 2.60. The number of benzene rings is 1. The largest absolute Gasteiger partial charge is 0.387 e. The number of halogens is 1. The van der Waals surface area contributed by atoms with E-state index in [0.717, 1.165) is 0 Å². The van der Waals surface area contributed by atoms with Crippen molar-refractivity contribution in [2.45, 2.75) is 26.9 Å². The van der Waals surface area contributed by atoms with Crippen LogP contribution in [0.1, 0.15) is 32.4 Å². The number of aliphatic hydroxyl groups is 1. The third kappa shape index (κ3) is 4.02. The molecular formula is C13H18ClNO2. The van der Waals surface area contributed by atoms with E-state index in [2.05, 4.69) is 5.32 Å². The van der Waals surface area contributed by atoms with Crippen molar-refractivity contribution in [3.63, 3.8) is 0 Å². The van der Waals surface area contributed by atoms with E-state index in [0.29, 0.717) is 10.6 Å². The summed E-state index contributed by atoms with van der Waals surface area (Å²) in [5, 5.41) is 13.1. The fourth-order valence-electron chi connectivity index (χ4n) is 1.31. The molecule has 0 saturated carbocycles. The van der Waals surface area contributed by atoms with Gasteiger partial charge in [0.05, 0.1) is 6.10 Å². The van der Waals surface area contributed by atoms with Crippen LogP contribution in [0.25, 0.3) is 0 Å². The minimum Gasteiger partial charge on any atom is -0.387 e. The number of carbonyl (C=O) groups is 1. The molecule has 1 aromatic carbocycles. The van der Waals surface area contributed by atoms with Gasteiger partial charge in [-0.05, 0) is 6.07 Å². The average Bonchev–Trinajstić information content (AvgIpc) is 2.24. The number of rotatable bonds is 3. The topological polar surface area (TPSA) is 49.3 Å². The Labute approximate surface area is 107 Å². The van der Waals surface area contributed by atoms with Crippen LogP contribution in [0.5, 0.6) is 0 Å². The zero-order chi connectivity index (χ0) is 13.1. The molecule has 0 aliphatic heterocycles. The van der Waals surface area contributed by atoms with Gasteiger partial charge in [-0.1, -0.05) is 50.6 Å². The van der Waals surface area contributed by atoms with Gasteiger partial charge < -0.3 is 10.4 Å². The highest BCUT2D eigenvalue weighted by Gasteiger charge is 2.22. The molecule has 0 radical (unpaired) electrons. The van der Waals surface area contributed by atoms with E-state index in [1.54, 1.807) is 24.3 Å². The molecule has 0 aliphatic rings. The van der Waals surface area contributed by atoms with Crippen molar-refractivity contribution in [3.8, 4) is 0 Å². The van der Waals surface area contributed by atoms with Crippen molar-refractivity contribution in [2.24, 2.45) is 5.41 Å². The first-order valence-electron chi connectivity index (χ1n) is 5.53. The number of aliphatic hydroxyl groups excluding tert-OH is 1. The van der Waals surface area contributed by atoms with Crippen molar-refractivity contribution >= 4 is 17.5 Å². The second-order valence-electron chi connectivity index (χ2n) is 5.00. The summed E-state index contributed by atoms with van der Waals surface area (Å²) in [6, 6.07) is 7.06. The van der Waals surface area contributed by atoms with Crippen LogP contribution < -0.4 is 5.32 Å². The van der Waals surface area contributed by atoms with Gasteiger partial charge in [0, 0.05) is 22.5 Å². The number of carbonyl (C=O) groups excluding carboxylic acids is 1. The summed E-state index contributed by atoms with van der Waals surface area (Å²) < 4.78 is 0. The van der Waals surface area contributed by atoms with E-state index in [9.17, 15) is 9.90 Å². The van der Waals surface area contributed by atoms with Gasteiger partial charge in [-0.25, -0.2) is 0 Å². The second kappa shape index (κ2) is 5.52. The van der Waals surface area contributed by atoms with Crippen molar-refractivity contribution < 1.29 is 9.90 Å². The lowest BCUT2D eigenvalue weighted by molar-refractivity contribution is -0.128. The minimum absolute atomic E-state index is 0.0939. The smallest absolute Gasteiger partial charge is 0.225 e. The molecule has 1 aromatic rings. The molecule has 0 fully saturated rings. The molecule has 0 aliphatic carbocycles. The first kappa shape index (κ1) is 14.0. The standard InChI is InChI=1S/C13H18ClNO2/c1-13(2,3)12(17)15-8-11(16)9-6-4-5-7-10(9)14/h4-7,11,16H,8H2,1-3H3,(H,15,17). The predicted octanol–water partition coefficient (Wildman–Crippen LogP) is 2.54. The van der Waals surface area contributed by atoms with Gasteiger partial charge in [0.25, 0.3) is 0 Å². The van der Waals surface area contributed by atoms with Gasteiger partial charge in [0.15, 0.2) is 0 Å². The Morgan fingerprint density at radius 2 is 2.00 bits per heavy atom. The maximum absolute atomic E-state index is 11.6. The molecular weight excluding hydrogens is 238 g/mol. The number of hydrogen-bond donors (Lipinski definition) is 2. The molecule has 4 heteroatoms. The van der Waals surface area contributed by atoms with Crippen LogP contribution in [0.2, 0.25) is 5.02 Å². The summed E-state index contributed by atoms with van der Waals surface area (Å²) >= 11 is 5.95. The van der Waals surface area contributed by atoms with E-state index >= 15 is 0 Å². The molecule has 1 unspecified atom stereocenters. The highest BCUT2D eigenvalue weighted by Crippen LogP contribution is 2.22. The summed E-state index contributed by atoms with van der Waals surface area (Å²) in [5.41, 5.74) is 0.170. The summed E-state index contributed by atoms with van der Waals surface area (Å²) in [6.07, 6.45) is -0.782. The summed E-state index contributed by atoms with van der Waals surface area (Å²) in [7, 11) is 0. The fraction of sp³-hybridized carbons (Fsp3) is 0.462. The Morgan fingerprint density at radius 3 is 2.53 bits per heavy atom. The zero-order valence-electron chi connectivity index (χ0n) is 10.3. The predicted molar refractivity (Wildman–Crippen MR) is 68.9 cm³/mol. The lowest BCUT2D eigenvalue weighted by atomic mass is 9.95. The Hall–Kier alpha value is -1.06. The minimum atomic E-state index is -0.782. The lowest BCUT2D eigenvalue weighted by Crippen LogP contribution is -2.37. The van der Waals surface area contributed by atoms with Crippen LogP contribution in [0.15, 0.2) is 24.3 Å². The van der Waals surface area contributed by atoms with Crippen LogP contribution in [0, 0.1) is 5.41 Å². The van der Waals surface area contributed by atoms with E-state index in [-0.39, 0.29) is 12.5 Å². The molecule has 2 N–H and O–H groups in total. The number of hydrogen-bond acceptors (Lipinski definition) is 2. The molecule has 1 atom stereocenters. The third-order valence-corrected chi connectivity index (χ3v) is 2.75.